The van der Waals surface area contributed by atoms with Gasteiger partial charge in [-0.2, -0.15) is 4.98 Å². The molecule has 0 fully saturated rings. The summed E-state index contributed by atoms with van der Waals surface area (Å²) in [7, 11) is 0. The highest BCUT2D eigenvalue weighted by molar-refractivity contribution is 6.00. The van der Waals surface area contributed by atoms with E-state index in [4.69, 9.17) is 11.5 Å². The van der Waals surface area contributed by atoms with Gasteiger partial charge >= 0.3 is 0 Å². The number of anilines is 2. The van der Waals surface area contributed by atoms with Crippen molar-refractivity contribution in [2.24, 2.45) is 5.73 Å². The molecular formula is C6H9N5O2. The lowest BCUT2D eigenvalue weighted by molar-refractivity contribution is -0.114. The summed E-state index contributed by atoms with van der Waals surface area (Å²) >= 11 is 0. The molecule has 0 radical (unpaired) electrons. The minimum Gasteiger partial charge on any atom is -0.369 e. The Morgan fingerprint density at radius 2 is 2.15 bits per heavy atom. The Hall–Kier alpha value is -2.05. The highest BCUT2D eigenvalue weighted by Gasteiger charge is 2.13. The molecule has 1 aromatic rings. The van der Waals surface area contributed by atoms with Gasteiger partial charge in [0, 0.05) is 6.92 Å². The van der Waals surface area contributed by atoms with Crippen LogP contribution in [0.25, 0.3) is 0 Å². The molecule has 0 bridgehead atoms. The largest absolute Gasteiger partial charge is 0.369 e. The number of carbonyl (C=O) groups is 2. The number of nitrogen functional groups attached to an aromatic ring is 1. The second-order valence-corrected chi connectivity index (χ2v) is 2.39. The van der Waals surface area contributed by atoms with Crippen molar-refractivity contribution in [1.82, 2.24) is 9.97 Å². The summed E-state index contributed by atoms with van der Waals surface area (Å²) in [6.07, 6.45) is 0. The molecule has 1 heterocycles. The van der Waals surface area contributed by atoms with E-state index in [1.165, 1.54) is 6.92 Å². The van der Waals surface area contributed by atoms with Crippen LogP contribution in [0, 0.1) is 0 Å². The van der Waals surface area contributed by atoms with E-state index in [9.17, 15) is 9.59 Å². The number of primary amides is 1. The molecule has 0 aromatic carbocycles. The minimum atomic E-state index is -0.729. The van der Waals surface area contributed by atoms with Crippen molar-refractivity contribution in [2.45, 2.75) is 6.92 Å². The average Bonchev–Trinajstić information content (AvgIpc) is 2.29. The fourth-order valence-electron chi connectivity index (χ4n) is 0.827. The molecular weight excluding hydrogens is 174 g/mol. The number of H-pyrrole nitrogens is 1. The Morgan fingerprint density at radius 3 is 2.62 bits per heavy atom. The van der Waals surface area contributed by atoms with Crippen LogP contribution in [0.1, 0.15) is 17.4 Å². The molecule has 0 aliphatic rings. The lowest BCUT2D eigenvalue weighted by atomic mass is 10.4. The number of nitrogens with two attached hydrogens (primary N) is 2. The predicted molar refractivity (Wildman–Crippen MR) is 45.8 cm³/mol. The zero-order valence-corrected chi connectivity index (χ0v) is 6.92. The number of imidazole rings is 1. The predicted octanol–water partition coefficient (Wildman–Crippen LogP) is -0.951. The first-order valence-electron chi connectivity index (χ1n) is 3.43. The third kappa shape index (κ3) is 1.95. The Bertz CT molecular complexity index is 356. The maximum Gasteiger partial charge on any atom is 0.269 e. The maximum absolute atomic E-state index is 10.8. The molecule has 1 aromatic heterocycles. The minimum absolute atomic E-state index is 0.00676. The zero-order valence-electron chi connectivity index (χ0n) is 6.92. The van der Waals surface area contributed by atoms with Crippen LogP contribution < -0.4 is 16.8 Å². The summed E-state index contributed by atoms with van der Waals surface area (Å²) in [6.45, 7) is 1.29. The number of amides is 2. The second-order valence-electron chi connectivity index (χ2n) is 2.39. The van der Waals surface area contributed by atoms with Crippen molar-refractivity contribution in [1.29, 1.82) is 0 Å². The topological polar surface area (TPSA) is 127 Å². The Labute approximate surface area is 73.5 Å². The molecule has 0 aliphatic heterocycles. The molecule has 0 unspecified atom stereocenters. The van der Waals surface area contributed by atoms with E-state index in [1.807, 2.05) is 0 Å². The highest BCUT2D eigenvalue weighted by atomic mass is 16.2. The smallest absolute Gasteiger partial charge is 0.269 e. The molecule has 0 saturated heterocycles. The lowest BCUT2D eigenvalue weighted by Crippen LogP contribution is -2.16. The fraction of sp³-hybridized carbons (Fsp3) is 0.167. The summed E-state index contributed by atoms with van der Waals surface area (Å²) in [4.78, 5) is 27.5. The molecule has 7 heteroatoms. The fourth-order valence-corrected chi connectivity index (χ4v) is 0.827. The molecule has 0 aliphatic carbocycles. The third-order valence-electron chi connectivity index (χ3n) is 1.26. The number of hydrogen-bond acceptors (Lipinski definition) is 4. The summed E-state index contributed by atoms with van der Waals surface area (Å²) in [6, 6.07) is 0. The van der Waals surface area contributed by atoms with Crippen LogP contribution in [-0.2, 0) is 4.79 Å². The van der Waals surface area contributed by atoms with Crippen molar-refractivity contribution in [2.75, 3.05) is 11.1 Å². The Balaban J connectivity index is 3.04. The summed E-state index contributed by atoms with van der Waals surface area (Å²) in [5.74, 6) is -1.00. The first-order valence-corrected chi connectivity index (χ1v) is 3.43. The Kier molecular flexibility index (Phi) is 2.18. The molecule has 0 spiro atoms. The van der Waals surface area contributed by atoms with Gasteiger partial charge < -0.3 is 21.8 Å². The molecule has 2 amide bonds. The van der Waals surface area contributed by atoms with Crippen LogP contribution in [0.5, 0.6) is 0 Å². The van der Waals surface area contributed by atoms with Crippen LogP contribution in [0.15, 0.2) is 0 Å². The van der Waals surface area contributed by atoms with Gasteiger partial charge in [-0.3, -0.25) is 9.59 Å². The normalized spacial score (nSPS) is 9.62. The number of carbonyl (C=O) groups excluding carboxylic acids is 2. The van der Waals surface area contributed by atoms with E-state index in [-0.39, 0.29) is 23.4 Å². The van der Waals surface area contributed by atoms with Crippen LogP contribution in [0.3, 0.4) is 0 Å². The van der Waals surface area contributed by atoms with Crippen LogP contribution >= 0.6 is 0 Å². The molecule has 13 heavy (non-hydrogen) atoms. The van der Waals surface area contributed by atoms with E-state index < -0.39 is 5.91 Å². The average molecular weight is 183 g/mol. The number of hydrogen-bond donors (Lipinski definition) is 4. The van der Waals surface area contributed by atoms with E-state index >= 15 is 0 Å². The van der Waals surface area contributed by atoms with Gasteiger partial charge in [0.25, 0.3) is 5.91 Å². The monoisotopic (exact) mass is 183 g/mol. The van der Waals surface area contributed by atoms with Gasteiger partial charge in [0.2, 0.25) is 5.91 Å². The van der Waals surface area contributed by atoms with Gasteiger partial charge in [0.15, 0.2) is 11.8 Å². The molecule has 1 rings (SSSR count). The van der Waals surface area contributed by atoms with E-state index in [0.717, 1.165) is 0 Å². The van der Waals surface area contributed by atoms with E-state index in [0.29, 0.717) is 0 Å². The SMILES string of the molecule is CC(=O)Nc1nc(N)[nH]c1C(N)=O. The molecule has 6 N–H and O–H groups in total. The van der Waals surface area contributed by atoms with Gasteiger partial charge in [0.05, 0.1) is 0 Å². The third-order valence-corrected chi connectivity index (χ3v) is 1.26. The van der Waals surface area contributed by atoms with Gasteiger partial charge in [0.1, 0.15) is 5.69 Å². The van der Waals surface area contributed by atoms with Crippen molar-refractivity contribution in [3.63, 3.8) is 0 Å². The van der Waals surface area contributed by atoms with Crippen molar-refractivity contribution >= 4 is 23.6 Å². The van der Waals surface area contributed by atoms with Crippen LogP contribution in [-0.4, -0.2) is 21.8 Å². The van der Waals surface area contributed by atoms with Crippen molar-refractivity contribution < 1.29 is 9.59 Å². The molecule has 70 valence electrons. The first-order chi connectivity index (χ1) is 6.00. The molecule has 0 saturated carbocycles. The summed E-state index contributed by atoms with van der Waals surface area (Å²) in [5, 5.41) is 2.31. The maximum atomic E-state index is 10.8. The summed E-state index contributed by atoms with van der Waals surface area (Å²) < 4.78 is 0. The molecule has 0 atom stereocenters. The van der Waals surface area contributed by atoms with Gasteiger partial charge in [-0.15, -0.1) is 0 Å². The van der Waals surface area contributed by atoms with Crippen LogP contribution in [0.2, 0.25) is 0 Å². The number of rotatable bonds is 2. The van der Waals surface area contributed by atoms with Gasteiger partial charge in [-0.05, 0) is 0 Å². The quantitative estimate of drug-likeness (QED) is 0.471. The second kappa shape index (κ2) is 3.13. The highest BCUT2D eigenvalue weighted by Crippen LogP contribution is 2.12. The molecule has 7 nitrogen and oxygen atoms in total. The summed E-state index contributed by atoms with van der Waals surface area (Å²) in [5.41, 5.74) is 10.2. The standard InChI is InChI=1S/C6H9N5O2/c1-2(12)9-5-3(4(7)13)10-6(8)11-5/h1H3,(H2,7,13)(H,9,12)(H3,8,10,11). The van der Waals surface area contributed by atoms with Crippen molar-refractivity contribution in [3.05, 3.63) is 5.69 Å². The van der Waals surface area contributed by atoms with Crippen LogP contribution in [0.4, 0.5) is 11.8 Å². The first kappa shape index (κ1) is 9.04. The van der Waals surface area contributed by atoms with Crippen molar-refractivity contribution in [3.8, 4) is 0 Å². The zero-order chi connectivity index (χ0) is 10.0. The van der Waals surface area contributed by atoms with E-state index in [2.05, 4.69) is 15.3 Å². The number of nitrogens with zero attached hydrogens (tertiary/aromatic N) is 1. The lowest BCUT2D eigenvalue weighted by Gasteiger charge is -1.97. The van der Waals surface area contributed by atoms with E-state index in [1.54, 1.807) is 0 Å². The van der Waals surface area contributed by atoms with Gasteiger partial charge in [-0.1, -0.05) is 0 Å². The Morgan fingerprint density at radius 1 is 1.54 bits per heavy atom. The number of aromatic nitrogens is 2. The van der Waals surface area contributed by atoms with Gasteiger partial charge in [-0.25, -0.2) is 0 Å². The number of nitrogens with one attached hydrogen (secondary N) is 2. The number of aromatic amines is 1.